The van der Waals surface area contributed by atoms with Gasteiger partial charge in [0.1, 0.15) is 11.5 Å². The first-order chi connectivity index (χ1) is 17.4. The maximum absolute atomic E-state index is 13.6. The lowest BCUT2D eigenvalue weighted by Gasteiger charge is -2.28. The van der Waals surface area contributed by atoms with Gasteiger partial charge < -0.3 is 23.7 Å². The Morgan fingerprint density at radius 2 is 1.64 bits per heavy atom. The molecule has 1 aliphatic heterocycles. The third kappa shape index (κ3) is 8.61. The zero-order valence-electron chi connectivity index (χ0n) is 22.4. The second-order valence-corrected chi connectivity index (χ2v) is 10.1. The number of hydrogen-bond acceptors (Lipinski definition) is 5. The average Bonchev–Trinajstić information content (AvgIpc) is 3.48. The molecule has 0 atom stereocenters. The van der Waals surface area contributed by atoms with E-state index in [0.717, 1.165) is 36.3 Å². The Morgan fingerprint density at radius 1 is 0.889 bits per heavy atom. The smallest absolute Gasteiger partial charge is 0.242 e. The first-order valence-corrected chi connectivity index (χ1v) is 13.3. The van der Waals surface area contributed by atoms with Crippen molar-refractivity contribution in [3.8, 4) is 11.5 Å². The molecule has 198 valence electrons. The van der Waals surface area contributed by atoms with E-state index in [1.807, 2.05) is 37.3 Å². The SMILES string of the molecule is CCCCCCCCC(=O)N(CC(=O)N(Cc1ccc2c(c1)OCO2)Cc1ccc(C)o1)CC(C)C. The van der Waals surface area contributed by atoms with Gasteiger partial charge in [0.05, 0.1) is 13.1 Å². The average molecular weight is 499 g/mol. The molecule has 0 unspecified atom stereocenters. The van der Waals surface area contributed by atoms with Crippen molar-refractivity contribution in [2.75, 3.05) is 19.9 Å². The van der Waals surface area contributed by atoms with Crippen LogP contribution in [0.15, 0.2) is 34.7 Å². The van der Waals surface area contributed by atoms with Crippen LogP contribution in [-0.4, -0.2) is 41.5 Å². The molecule has 0 spiro atoms. The number of nitrogens with zero attached hydrogens (tertiary/aromatic N) is 2. The van der Waals surface area contributed by atoms with Crippen LogP contribution in [0.25, 0.3) is 0 Å². The number of ether oxygens (including phenoxy) is 2. The number of carbonyl (C=O) groups is 2. The lowest BCUT2D eigenvalue weighted by Crippen LogP contribution is -2.43. The molecule has 36 heavy (non-hydrogen) atoms. The minimum Gasteiger partial charge on any atom is -0.464 e. The minimum atomic E-state index is -0.0985. The first-order valence-electron chi connectivity index (χ1n) is 13.3. The van der Waals surface area contributed by atoms with Gasteiger partial charge >= 0.3 is 0 Å². The number of fused-ring (bicyclic) bond motifs is 1. The van der Waals surface area contributed by atoms with Crippen LogP contribution in [0, 0.1) is 12.8 Å². The Balaban J connectivity index is 1.67. The fourth-order valence-electron chi connectivity index (χ4n) is 4.42. The van der Waals surface area contributed by atoms with Crippen molar-refractivity contribution in [1.82, 2.24) is 9.80 Å². The molecule has 7 heteroatoms. The van der Waals surface area contributed by atoms with Gasteiger partial charge in [0, 0.05) is 19.5 Å². The molecule has 0 N–H and O–H groups in total. The molecule has 0 fully saturated rings. The quantitative estimate of drug-likeness (QED) is 0.278. The largest absolute Gasteiger partial charge is 0.464 e. The zero-order valence-corrected chi connectivity index (χ0v) is 22.4. The highest BCUT2D eigenvalue weighted by Gasteiger charge is 2.24. The Labute approximate surface area is 215 Å². The zero-order chi connectivity index (χ0) is 25.9. The van der Waals surface area contributed by atoms with Gasteiger partial charge in [-0.3, -0.25) is 9.59 Å². The van der Waals surface area contributed by atoms with Crippen LogP contribution in [0.3, 0.4) is 0 Å². The van der Waals surface area contributed by atoms with Crippen LogP contribution in [-0.2, 0) is 22.7 Å². The van der Waals surface area contributed by atoms with E-state index in [9.17, 15) is 9.59 Å². The highest BCUT2D eigenvalue weighted by Crippen LogP contribution is 2.33. The summed E-state index contributed by atoms with van der Waals surface area (Å²) in [5.74, 6) is 3.15. The maximum atomic E-state index is 13.6. The van der Waals surface area contributed by atoms with Crippen molar-refractivity contribution in [2.24, 2.45) is 5.92 Å². The van der Waals surface area contributed by atoms with E-state index in [-0.39, 0.29) is 31.1 Å². The van der Waals surface area contributed by atoms with E-state index in [1.165, 1.54) is 19.3 Å². The Bertz CT molecular complexity index is 984. The summed E-state index contributed by atoms with van der Waals surface area (Å²) in [4.78, 5) is 30.1. The predicted molar refractivity (Wildman–Crippen MR) is 140 cm³/mol. The lowest BCUT2D eigenvalue weighted by atomic mass is 10.1. The number of aryl methyl sites for hydroxylation is 1. The molecule has 0 radical (unpaired) electrons. The standard InChI is InChI=1S/C29H42N2O5/c1-5-6-7-8-9-10-11-28(32)30(17-22(2)3)20-29(33)31(19-25-14-12-23(4)36-25)18-24-13-15-26-27(16-24)35-21-34-26/h12-16,22H,5-11,17-21H2,1-4H3. The molecular formula is C29H42N2O5. The fraction of sp³-hybridized carbons (Fsp3) is 0.586. The highest BCUT2D eigenvalue weighted by molar-refractivity contribution is 5.84. The monoisotopic (exact) mass is 498 g/mol. The van der Waals surface area contributed by atoms with Crippen molar-refractivity contribution in [1.29, 1.82) is 0 Å². The Morgan fingerprint density at radius 3 is 2.36 bits per heavy atom. The van der Waals surface area contributed by atoms with E-state index in [2.05, 4.69) is 20.8 Å². The van der Waals surface area contributed by atoms with Gasteiger partial charge in [-0.2, -0.15) is 0 Å². The van der Waals surface area contributed by atoms with Gasteiger partial charge in [-0.1, -0.05) is 58.9 Å². The van der Waals surface area contributed by atoms with Crippen LogP contribution < -0.4 is 9.47 Å². The van der Waals surface area contributed by atoms with Gasteiger partial charge in [-0.15, -0.1) is 0 Å². The van der Waals surface area contributed by atoms with Crippen LogP contribution in [0.2, 0.25) is 0 Å². The molecule has 2 amide bonds. The summed E-state index contributed by atoms with van der Waals surface area (Å²) >= 11 is 0. The third-order valence-corrected chi connectivity index (χ3v) is 6.31. The van der Waals surface area contributed by atoms with E-state index >= 15 is 0 Å². The molecule has 1 aliphatic rings. The number of benzene rings is 1. The van der Waals surface area contributed by atoms with Crippen molar-refractivity contribution < 1.29 is 23.5 Å². The Hall–Kier alpha value is -2.96. The summed E-state index contributed by atoms with van der Waals surface area (Å²) in [6.45, 7) is 9.80. The van der Waals surface area contributed by atoms with Crippen molar-refractivity contribution in [3.63, 3.8) is 0 Å². The second kappa shape index (κ2) is 14.0. The van der Waals surface area contributed by atoms with E-state index < -0.39 is 0 Å². The molecule has 0 bridgehead atoms. The number of furan rings is 1. The van der Waals surface area contributed by atoms with Crippen molar-refractivity contribution in [2.45, 2.75) is 85.7 Å². The van der Waals surface area contributed by atoms with Gasteiger partial charge in [0.15, 0.2) is 11.5 Å². The van der Waals surface area contributed by atoms with Crippen LogP contribution in [0.5, 0.6) is 11.5 Å². The van der Waals surface area contributed by atoms with E-state index in [1.54, 1.807) is 9.80 Å². The molecule has 7 nitrogen and oxygen atoms in total. The summed E-state index contributed by atoms with van der Waals surface area (Å²) in [5.41, 5.74) is 0.935. The summed E-state index contributed by atoms with van der Waals surface area (Å²) in [6.07, 6.45) is 7.27. The molecule has 0 aliphatic carbocycles. The number of unbranched alkanes of at least 4 members (excludes halogenated alkanes) is 5. The van der Waals surface area contributed by atoms with Crippen molar-refractivity contribution >= 4 is 11.8 Å². The van der Waals surface area contributed by atoms with E-state index in [4.69, 9.17) is 13.9 Å². The van der Waals surface area contributed by atoms with Gasteiger partial charge in [-0.05, 0) is 49.1 Å². The van der Waals surface area contributed by atoms with Crippen LogP contribution >= 0.6 is 0 Å². The molecule has 2 heterocycles. The first kappa shape index (κ1) is 27.6. The molecule has 2 aromatic rings. The molecule has 0 saturated heterocycles. The molecule has 0 saturated carbocycles. The topological polar surface area (TPSA) is 72.2 Å². The number of amides is 2. The molecule has 1 aromatic carbocycles. The lowest BCUT2D eigenvalue weighted by molar-refractivity contribution is -0.141. The van der Waals surface area contributed by atoms with E-state index in [0.29, 0.717) is 37.6 Å². The summed E-state index contributed by atoms with van der Waals surface area (Å²) in [7, 11) is 0. The van der Waals surface area contributed by atoms with Gasteiger partial charge in [0.25, 0.3) is 0 Å². The van der Waals surface area contributed by atoms with Crippen LogP contribution in [0.1, 0.15) is 82.8 Å². The number of hydrogen-bond donors (Lipinski definition) is 0. The number of rotatable bonds is 15. The second-order valence-electron chi connectivity index (χ2n) is 10.1. The summed E-state index contributed by atoms with van der Waals surface area (Å²) < 4.78 is 16.7. The molecule has 1 aromatic heterocycles. The highest BCUT2D eigenvalue weighted by atomic mass is 16.7. The molecular weight excluding hydrogens is 456 g/mol. The maximum Gasteiger partial charge on any atom is 0.242 e. The van der Waals surface area contributed by atoms with Gasteiger partial charge in [-0.25, -0.2) is 0 Å². The third-order valence-electron chi connectivity index (χ3n) is 6.31. The van der Waals surface area contributed by atoms with Gasteiger partial charge in [0.2, 0.25) is 18.6 Å². The van der Waals surface area contributed by atoms with Crippen molar-refractivity contribution in [3.05, 3.63) is 47.4 Å². The fourth-order valence-corrected chi connectivity index (χ4v) is 4.42. The number of carbonyl (C=O) groups excluding carboxylic acids is 2. The molecule has 3 rings (SSSR count). The summed E-state index contributed by atoms with van der Waals surface area (Å²) in [6, 6.07) is 9.51. The minimum absolute atomic E-state index is 0.0596. The normalized spacial score (nSPS) is 12.2. The summed E-state index contributed by atoms with van der Waals surface area (Å²) in [5, 5.41) is 0. The van der Waals surface area contributed by atoms with Crippen LogP contribution in [0.4, 0.5) is 0 Å². The predicted octanol–water partition coefficient (Wildman–Crippen LogP) is 6.08. The Kier molecular flexibility index (Phi) is 10.7.